The molecule has 1 atom stereocenters. The van der Waals surface area contributed by atoms with Gasteiger partial charge in [-0.05, 0) is 0 Å². The molecule has 0 fully saturated rings. The zero-order valence-corrected chi connectivity index (χ0v) is 14.9. The van der Waals surface area contributed by atoms with E-state index in [0.717, 1.165) is 0 Å². The van der Waals surface area contributed by atoms with E-state index in [9.17, 15) is 0 Å². The first-order chi connectivity index (χ1) is 7.08. The van der Waals surface area contributed by atoms with E-state index >= 15 is 0 Å². The van der Waals surface area contributed by atoms with Gasteiger partial charge in [0.05, 0.1) is 0 Å². The monoisotopic (exact) mass is 322 g/mol. The van der Waals surface area contributed by atoms with Crippen LogP contribution in [-0.2, 0) is 0 Å². The number of hydrogen-bond acceptors (Lipinski definition) is 0. The summed E-state index contributed by atoms with van der Waals surface area (Å²) in [7, 11) is -1.11. The summed E-state index contributed by atoms with van der Waals surface area (Å²) < 4.78 is 0.513. The Kier molecular flexibility index (Phi) is 4.78. The molecule has 82 valence electrons. The van der Waals surface area contributed by atoms with Crippen LogP contribution in [0.2, 0.25) is 21.3 Å². The molecule has 1 rings (SSSR count). The van der Waals surface area contributed by atoms with Crippen molar-refractivity contribution in [3.63, 3.8) is 0 Å². The molecule has 0 heterocycles. The predicted molar refractivity (Wildman–Crippen MR) is 73.2 cm³/mol. The predicted octanol–water partition coefficient (Wildman–Crippen LogP) is 4.27. The summed E-state index contributed by atoms with van der Waals surface area (Å²) in [6.45, 7) is 9.59. The van der Waals surface area contributed by atoms with Gasteiger partial charge >= 0.3 is 111 Å². The zero-order chi connectivity index (χ0) is 11.5. The molecule has 0 spiro atoms. The van der Waals surface area contributed by atoms with Crippen LogP contribution < -0.4 is 0 Å². The molecule has 0 nitrogen and oxygen atoms in total. The van der Waals surface area contributed by atoms with E-state index in [0.29, 0.717) is 3.17 Å². The summed E-state index contributed by atoms with van der Waals surface area (Å²) in [5.41, 5.74) is 0. The Labute approximate surface area is 111 Å². The van der Waals surface area contributed by atoms with Crippen LogP contribution in [0.1, 0.15) is 34.1 Å². The maximum absolute atomic E-state index is 2.48. The molecule has 0 bridgehead atoms. The third kappa shape index (κ3) is 2.31. The molecule has 0 saturated carbocycles. The van der Waals surface area contributed by atoms with E-state index in [1.54, 1.807) is 0 Å². The van der Waals surface area contributed by atoms with E-state index in [-0.39, 0.29) is 0 Å². The van der Waals surface area contributed by atoms with Gasteiger partial charge in [0.1, 0.15) is 0 Å². The van der Waals surface area contributed by atoms with Gasteiger partial charge in [-0.3, -0.25) is 0 Å². The molecule has 0 amide bonds. The third-order valence-electron chi connectivity index (χ3n) is 4.34. The van der Waals surface area contributed by atoms with E-state index in [2.05, 4.69) is 45.9 Å². The van der Waals surface area contributed by atoms with Gasteiger partial charge in [0.15, 0.2) is 0 Å². The van der Waals surface area contributed by atoms with Crippen LogP contribution in [0.15, 0.2) is 23.4 Å². The quantitative estimate of drug-likeness (QED) is 0.663. The molecule has 0 saturated heterocycles. The molecule has 0 aromatic carbocycles. The van der Waals surface area contributed by atoms with Crippen molar-refractivity contribution in [2.24, 2.45) is 0 Å². The minimum absolute atomic E-state index is 0.513. The number of rotatable bonds is 5. The Hall–Kier alpha value is 0.567. The summed E-state index contributed by atoms with van der Waals surface area (Å²) in [6.07, 6.45) is 8.59. The van der Waals surface area contributed by atoms with Crippen molar-refractivity contribution >= 4 is 32.4 Å². The second-order valence-corrected chi connectivity index (χ2v) is 12.8. The fraction of sp³-hybridized carbons (Fsp3) is 0.692. The van der Waals surface area contributed by atoms with Crippen LogP contribution in [-0.4, -0.2) is 32.4 Å². The molecular weight excluding hydrogens is 299 g/mol. The van der Waals surface area contributed by atoms with Gasteiger partial charge in [-0.15, -0.1) is 0 Å². The van der Waals surface area contributed by atoms with Gasteiger partial charge in [-0.2, -0.15) is 0 Å². The fourth-order valence-corrected chi connectivity index (χ4v) is 10.4. The Balaban J connectivity index is 3.06. The Morgan fingerprint density at radius 3 is 2.07 bits per heavy atom. The molecule has 0 aliphatic heterocycles. The van der Waals surface area contributed by atoms with Crippen LogP contribution in [0.3, 0.4) is 0 Å². The second-order valence-electron chi connectivity index (χ2n) is 4.67. The van der Waals surface area contributed by atoms with Gasteiger partial charge in [-0.25, -0.2) is 0 Å². The first-order valence-corrected chi connectivity index (χ1v) is 10.5. The Bertz CT molecular complexity index is 268. The normalized spacial score (nSPS) is 25.7. The summed E-state index contributed by atoms with van der Waals surface area (Å²) in [4.78, 5) is 0. The molecule has 15 heavy (non-hydrogen) atoms. The SMILES string of the molecule is CC[C]1([In])C=CC=C1[Si](CC)(CC)CC. The van der Waals surface area contributed by atoms with Crippen molar-refractivity contribution < 1.29 is 0 Å². The van der Waals surface area contributed by atoms with Crippen LogP contribution in [0.25, 0.3) is 0 Å². The zero-order valence-electron chi connectivity index (χ0n) is 10.6. The van der Waals surface area contributed by atoms with Gasteiger partial charge < -0.3 is 0 Å². The third-order valence-corrected chi connectivity index (χ3v) is 13.6. The molecule has 0 aromatic rings. The molecule has 1 aliphatic carbocycles. The molecule has 1 unspecified atom stereocenters. The van der Waals surface area contributed by atoms with Crippen LogP contribution in [0, 0.1) is 0 Å². The van der Waals surface area contributed by atoms with E-state index < -0.39 is 8.07 Å². The molecule has 0 aromatic heterocycles. The van der Waals surface area contributed by atoms with Crippen molar-refractivity contribution in [3.8, 4) is 0 Å². The average molecular weight is 322 g/mol. The Morgan fingerprint density at radius 1 is 1.13 bits per heavy atom. The molecule has 2 radical (unpaired) electrons. The van der Waals surface area contributed by atoms with E-state index in [1.807, 2.05) is 5.20 Å². The van der Waals surface area contributed by atoms with Crippen molar-refractivity contribution in [2.75, 3.05) is 0 Å². The van der Waals surface area contributed by atoms with Crippen molar-refractivity contribution in [3.05, 3.63) is 23.4 Å². The Morgan fingerprint density at radius 2 is 1.67 bits per heavy atom. The number of hydrogen-bond donors (Lipinski definition) is 0. The standard InChI is InChI=1S/C13H23Si.In/c1-5-12-10-9-11-13(12)14(6-2,7-3)8-4;/h9-11H,5-8H2,1-4H3;. The molecule has 0 N–H and O–H groups in total. The second kappa shape index (κ2) is 5.26. The van der Waals surface area contributed by atoms with Gasteiger partial charge in [0, 0.05) is 0 Å². The topological polar surface area (TPSA) is 0 Å². The molecular formula is C13H23InSi. The van der Waals surface area contributed by atoms with E-state index in [1.165, 1.54) is 48.9 Å². The first kappa shape index (κ1) is 13.6. The van der Waals surface area contributed by atoms with Crippen molar-refractivity contribution in [1.82, 2.24) is 0 Å². The molecule has 1 aliphatic rings. The van der Waals surface area contributed by atoms with Crippen molar-refractivity contribution in [1.29, 1.82) is 0 Å². The van der Waals surface area contributed by atoms with Gasteiger partial charge in [-0.1, -0.05) is 0 Å². The summed E-state index contributed by atoms with van der Waals surface area (Å²) in [5.74, 6) is 0. The summed E-state index contributed by atoms with van der Waals surface area (Å²) in [5, 5.41) is 1.87. The minimum atomic E-state index is -1.11. The van der Waals surface area contributed by atoms with E-state index in [4.69, 9.17) is 0 Å². The first-order valence-electron chi connectivity index (χ1n) is 6.28. The summed E-state index contributed by atoms with van der Waals surface area (Å²) in [6, 6.07) is 4.28. The van der Waals surface area contributed by atoms with Crippen LogP contribution in [0.5, 0.6) is 0 Å². The van der Waals surface area contributed by atoms with Crippen molar-refractivity contribution in [2.45, 2.75) is 55.4 Å². The maximum atomic E-state index is 2.48. The van der Waals surface area contributed by atoms with Crippen LogP contribution >= 0.6 is 0 Å². The van der Waals surface area contributed by atoms with Crippen LogP contribution in [0.4, 0.5) is 0 Å². The summed E-state index contributed by atoms with van der Waals surface area (Å²) >= 11 is 1.36. The average Bonchev–Trinajstić information content (AvgIpc) is 2.66. The number of allylic oxidation sites excluding steroid dienone is 4. The van der Waals surface area contributed by atoms with Gasteiger partial charge in [0.25, 0.3) is 0 Å². The fourth-order valence-electron chi connectivity index (χ4n) is 2.86. The van der Waals surface area contributed by atoms with Gasteiger partial charge in [0.2, 0.25) is 0 Å². The molecule has 2 heteroatoms.